The van der Waals surface area contributed by atoms with Crippen LogP contribution in [0.15, 0.2) is 95.6 Å². The van der Waals surface area contributed by atoms with Gasteiger partial charge in [0.1, 0.15) is 11.5 Å². The summed E-state index contributed by atoms with van der Waals surface area (Å²) in [6.07, 6.45) is 1.92. The fourth-order valence-corrected chi connectivity index (χ4v) is 4.01. The maximum absolute atomic E-state index is 13.0. The largest absolute Gasteiger partial charge is 0.497 e. The van der Waals surface area contributed by atoms with Gasteiger partial charge < -0.3 is 19.3 Å². The molecule has 39 heavy (non-hydrogen) atoms. The SMILES string of the molecule is COc1ccc(-c2nn(-c3ccccc3)cc2CNC(=O)c2cc(-c3ccc(OCC(C)C)cc3)on2)cc1. The molecule has 2 aromatic heterocycles. The number of amides is 1. The van der Waals surface area contributed by atoms with Crippen LogP contribution >= 0.6 is 0 Å². The van der Waals surface area contributed by atoms with Gasteiger partial charge in [-0.3, -0.25) is 4.79 Å². The summed E-state index contributed by atoms with van der Waals surface area (Å²) < 4.78 is 18.3. The zero-order valence-electron chi connectivity index (χ0n) is 22.1. The quantitative estimate of drug-likeness (QED) is 0.236. The number of rotatable bonds is 10. The number of aromatic nitrogens is 3. The predicted octanol–water partition coefficient (Wildman–Crippen LogP) is 6.17. The van der Waals surface area contributed by atoms with Crippen LogP contribution in [0.25, 0.3) is 28.3 Å². The fraction of sp³-hybridized carbons (Fsp3) is 0.194. The Kier molecular flexibility index (Phi) is 7.73. The van der Waals surface area contributed by atoms with Crippen molar-refractivity contribution in [2.24, 2.45) is 5.92 Å². The van der Waals surface area contributed by atoms with Gasteiger partial charge in [0.15, 0.2) is 11.5 Å². The molecule has 8 heteroatoms. The molecular weight excluding hydrogens is 492 g/mol. The van der Waals surface area contributed by atoms with Crippen LogP contribution in [-0.4, -0.2) is 34.6 Å². The van der Waals surface area contributed by atoms with E-state index in [9.17, 15) is 4.79 Å². The summed E-state index contributed by atoms with van der Waals surface area (Å²) in [7, 11) is 1.63. The zero-order valence-corrected chi connectivity index (χ0v) is 22.1. The molecule has 0 saturated carbocycles. The normalized spacial score (nSPS) is 11.0. The van der Waals surface area contributed by atoms with Gasteiger partial charge in [0.25, 0.3) is 5.91 Å². The van der Waals surface area contributed by atoms with Gasteiger partial charge in [-0.2, -0.15) is 5.10 Å². The lowest BCUT2D eigenvalue weighted by Gasteiger charge is -2.08. The average molecular weight is 523 g/mol. The van der Waals surface area contributed by atoms with Crippen molar-refractivity contribution in [3.8, 4) is 39.8 Å². The summed E-state index contributed by atoms with van der Waals surface area (Å²) in [5.74, 6) is 2.16. The Bertz CT molecular complexity index is 1520. The fourth-order valence-electron chi connectivity index (χ4n) is 4.01. The first kappa shape index (κ1) is 25.8. The third kappa shape index (κ3) is 6.18. The summed E-state index contributed by atoms with van der Waals surface area (Å²) in [5.41, 5.74) is 4.47. The molecule has 0 saturated heterocycles. The van der Waals surface area contributed by atoms with Crippen molar-refractivity contribution in [3.63, 3.8) is 0 Å². The second-order valence-corrected chi connectivity index (χ2v) is 9.50. The molecule has 0 spiro atoms. The van der Waals surface area contributed by atoms with Crippen LogP contribution in [0, 0.1) is 5.92 Å². The number of hydrogen-bond acceptors (Lipinski definition) is 6. The van der Waals surface area contributed by atoms with Crippen molar-refractivity contribution >= 4 is 5.91 Å². The van der Waals surface area contributed by atoms with Crippen LogP contribution in [-0.2, 0) is 6.54 Å². The van der Waals surface area contributed by atoms with Gasteiger partial charge in [-0.05, 0) is 66.6 Å². The van der Waals surface area contributed by atoms with E-state index in [-0.39, 0.29) is 18.1 Å². The van der Waals surface area contributed by atoms with E-state index in [0.29, 0.717) is 18.3 Å². The highest BCUT2D eigenvalue weighted by Gasteiger charge is 2.17. The number of carbonyl (C=O) groups excluding carboxylic acids is 1. The van der Waals surface area contributed by atoms with Gasteiger partial charge in [0.05, 0.1) is 25.1 Å². The highest BCUT2D eigenvalue weighted by Crippen LogP contribution is 2.27. The molecule has 0 bridgehead atoms. The molecule has 198 valence electrons. The van der Waals surface area contributed by atoms with Gasteiger partial charge in [0.2, 0.25) is 0 Å². The topological polar surface area (TPSA) is 91.4 Å². The van der Waals surface area contributed by atoms with Gasteiger partial charge in [0, 0.05) is 35.5 Å². The van der Waals surface area contributed by atoms with Crippen LogP contribution in [0.3, 0.4) is 0 Å². The molecular formula is C31H30N4O4. The lowest BCUT2D eigenvalue weighted by molar-refractivity contribution is 0.0942. The van der Waals surface area contributed by atoms with E-state index in [2.05, 4.69) is 24.3 Å². The van der Waals surface area contributed by atoms with Gasteiger partial charge in [-0.25, -0.2) is 4.68 Å². The Balaban J connectivity index is 1.31. The first-order valence-electron chi connectivity index (χ1n) is 12.8. The molecule has 0 aliphatic heterocycles. The third-order valence-electron chi connectivity index (χ3n) is 6.08. The van der Waals surface area contributed by atoms with E-state index >= 15 is 0 Å². The number of ether oxygens (including phenoxy) is 2. The molecule has 0 aliphatic carbocycles. The van der Waals surface area contributed by atoms with Crippen molar-refractivity contribution in [3.05, 3.63) is 102 Å². The lowest BCUT2D eigenvalue weighted by atomic mass is 10.1. The first-order valence-corrected chi connectivity index (χ1v) is 12.8. The van der Waals surface area contributed by atoms with Gasteiger partial charge >= 0.3 is 0 Å². The van der Waals surface area contributed by atoms with E-state index in [1.807, 2.05) is 89.7 Å². The number of benzene rings is 3. The lowest BCUT2D eigenvalue weighted by Crippen LogP contribution is -2.23. The van der Waals surface area contributed by atoms with Crippen molar-refractivity contribution in [2.45, 2.75) is 20.4 Å². The summed E-state index contributed by atoms with van der Waals surface area (Å²) in [6, 6.07) is 26.7. The summed E-state index contributed by atoms with van der Waals surface area (Å²) >= 11 is 0. The second-order valence-electron chi connectivity index (χ2n) is 9.50. The molecule has 5 rings (SSSR count). The van der Waals surface area contributed by atoms with Crippen molar-refractivity contribution in [2.75, 3.05) is 13.7 Å². The van der Waals surface area contributed by atoms with E-state index in [1.165, 1.54) is 0 Å². The van der Waals surface area contributed by atoms with Crippen LogP contribution in [0.4, 0.5) is 0 Å². The van der Waals surface area contributed by atoms with Crippen molar-refractivity contribution in [1.29, 1.82) is 0 Å². The van der Waals surface area contributed by atoms with E-state index in [4.69, 9.17) is 19.1 Å². The standard InChI is InChI=1S/C31H30N4O4/c1-21(2)20-38-27-15-9-22(10-16-27)29-17-28(34-39-29)31(36)32-18-24-19-35(25-7-5-4-6-8-25)33-30(24)23-11-13-26(37-3)14-12-23/h4-17,19,21H,18,20H2,1-3H3,(H,32,36). The Morgan fingerprint density at radius 1 is 0.949 bits per heavy atom. The molecule has 0 unspecified atom stereocenters. The Morgan fingerprint density at radius 2 is 1.64 bits per heavy atom. The minimum absolute atomic E-state index is 0.201. The number of hydrogen-bond donors (Lipinski definition) is 1. The molecule has 0 fully saturated rings. The van der Waals surface area contributed by atoms with Crippen LogP contribution < -0.4 is 14.8 Å². The highest BCUT2D eigenvalue weighted by molar-refractivity contribution is 5.93. The Morgan fingerprint density at radius 3 is 2.33 bits per heavy atom. The molecule has 0 aliphatic rings. The van der Waals surface area contributed by atoms with Crippen LogP contribution in [0.1, 0.15) is 29.9 Å². The maximum atomic E-state index is 13.0. The number of para-hydroxylation sites is 1. The van der Waals surface area contributed by atoms with Gasteiger partial charge in [-0.15, -0.1) is 0 Å². The first-order chi connectivity index (χ1) is 19.0. The van der Waals surface area contributed by atoms with Crippen molar-refractivity contribution < 1.29 is 18.8 Å². The zero-order chi connectivity index (χ0) is 27.2. The molecule has 0 radical (unpaired) electrons. The number of methoxy groups -OCH3 is 1. The van der Waals surface area contributed by atoms with Crippen molar-refractivity contribution in [1.82, 2.24) is 20.3 Å². The summed E-state index contributed by atoms with van der Waals surface area (Å²) in [6.45, 7) is 5.11. The summed E-state index contributed by atoms with van der Waals surface area (Å²) in [5, 5.41) is 11.8. The molecule has 0 atom stereocenters. The van der Waals surface area contributed by atoms with Crippen LogP contribution in [0.2, 0.25) is 0 Å². The smallest absolute Gasteiger partial charge is 0.273 e. The van der Waals surface area contributed by atoms with E-state index in [1.54, 1.807) is 13.2 Å². The molecule has 2 heterocycles. The molecule has 1 amide bonds. The van der Waals surface area contributed by atoms with E-state index < -0.39 is 0 Å². The average Bonchev–Trinajstić information content (AvgIpc) is 3.64. The minimum atomic E-state index is -0.338. The molecule has 8 nitrogen and oxygen atoms in total. The molecule has 3 aromatic carbocycles. The second kappa shape index (κ2) is 11.7. The minimum Gasteiger partial charge on any atom is -0.497 e. The van der Waals surface area contributed by atoms with Gasteiger partial charge in [-0.1, -0.05) is 37.2 Å². The number of nitrogens with zero attached hydrogens (tertiary/aromatic N) is 3. The predicted molar refractivity (Wildman–Crippen MR) is 149 cm³/mol. The highest BCUT2D eigenvalue weighted by atomic mass is 16.5. The monoisotopic (exact) mass is 522 g/mol. The number of nitrogens with one attached hydrogen (secondary N) is 1. The van der Waals surface area contributed by atoms with E-state index in [0.717, 1.165) is 39.6 Å². The van der Waals surface area contributed by atoms with Crippen LogP contribution in [0.5, 0.6) is 11.5 Å². The Labute approximate surface area is 227 Å². The Hall–Kier alpha value is -4.85. The molecule has 5 aromatic rings. The maximum Gasteiger partial charge on any atom is 0.273 e. The third-order valence-corrected chi connectivity index (χ3v) is 6.08. The molecule has 1 N–H and O–H groups in total. The number of carbonyl (C=O) groups is 1. The summed E-state index contributed by atoms with van der Waals surface area (Å²) in [4.78, 5) is 13.0.